The first kappa shape index (κ1) is 10.6. The maximum atomic E-state index is 4.40. The van der Waals surface area contributed by atoms with Gasteiger partial charge in [0.2, 0.25) is 0 Å². The predicted molar refractivity (Wildman–Crippen MR) is 66.5 cm³/mol. The molecule has 3 heteroatoms. The van der Waals surface area contributed by atoms with Gasteiger partial charge in [-0.05, 0) is 25.5 Å². The van der Waals surface area contributed by atoms with E-state index in [-0.39, 0.29) is 0 Å². The lowest BCUT2D eigenvalue weighted by Gasteiger charge is -2.09. The molecule has 0 aliphatic rings. The van der Waals surface area contributed by atoms with E-state index in [0.29, 0.717) is 0 Å². The third-order valence-corrected chi connectivity index (χ3v) is 2.58. The zero-order valence-corrected chi connectivity index (χ0v) is 9.78. The number of aryl methyl sites for hydroxylation is 2. The highest BCUT2D eigenvalue weighted by molar-refractivity contribution is 5.73. The van der Waals surface area contributed by atoms with Crippen LogP contribution >= 0.6 is 0 Å². The SMILES string of the molecule is CNc1nccnc1-c1cc(C)ccc1C. The minimum absolute atomic E-state index is 0.816. The average molecular weight is 213 g/mol. The highest BCUT2D eigenvalue weighted by atomic mass is 15.0. The monoisotopic (exact) mass is 213 g/mol. The van der Waals surface area contributed by atoms with Gasteiger partial charge in [-0.2, -0.15) is 0 Å². The van der Waals surface area contributed by atoms with E-state index < -0.39 is 0 Å². The van der Waals surface area contributed by atoms with E-state index in [9.17, 15) is 0 Å². The summed E-state index contributed by atoms with van der Waals surface area (Å²) in [6.07, 6.45) is 3.42. The molecular weight excluding hydrogens is 198 g/mol. The smallest absolute Gasteiger partial charge is 0.152 e. The van der Waals surface area contributed by atoms with Crippen LogP contribution in [0.4, 0.5) is 5.82 Å². The molecule has 2 aromatic rings. The van der Waals surface area contributed by atoms with Gasteiger partial charge >= 0.3 is 0 Å². The first-order valence-electron chi connectivity index (χ1n) is 5.28. The fourth-order valence-electron chi connectivity index (χ4n) is 1.71. The van der Waals surface area contributed by atoms with Crippen molar-refractivity contribution in [3.63, 3.8) is 0 Å². The Labute approximate surface area is 95.6 Å². The molecule has 0 fully saturated rings. The third kappa shape index (κ3) is 1.89. The second-order valence-corrected chi connectivity index (χ2v) is 3.82. The van der Waals surface area contributed by atoms with Crippen molar-refractivity contribution >= 4 is 5.82 Å². The Hall–Kier alpha value is -1.90. The Morgan fingerprint density at radius 3 is 2.56 bits per heavy atom. The van der Waals surface area contributed by atoms with Crippen molar-refractivity contribution in [1.82, 2.24) is 9.97 Å². The zero-order valence-electron chi connectivity index (χ0n) is 9.78. The molecule has 0 bridgehead atoms. The lowest BCUT2D eigenvalue weighted by molar-refractivity contribution is 1.18. The zero-order chi connectivity index (χ0) is 11.5. The first-order valence-corrected chi connectivity index (χ1v) is 5.28. The number of aromatic nitrogens is 2. The van der Waals surface area contributed by atoms with Crippen LogP contribution in [-0.2, 0) is 0 Å². The van der Waals surface area contributed by atoms with Gasteiger partial charge in [-0.1, -0.05) is 17.7 Å². The minimum atomic E-state index is 0.816. The highest BCUT2D eigenvalue weighted by Crippen LogP contribution is 2.27. The molecule has 1 aromatic heterocycles. The largest absolute Gasteiger partial charge is 0.371 e. The van der Waals surface area contributed by atoms with Crippen molar-refractivity contribution in [1.29, 1.82) is 0 Å². The summed E-state index contributed by atoms with van der Waals surface area (Å²) in [5, 5.41) is 3.07. The molecule has 0 radical (unpaired) electrons. The standard InChI is InChI=1S/C13H15N3/c1-9-4-5-10(2)11(8-9)12-13(14-3)16-7-6-15-12/h4-8H,1-3H3,(H,14,16). The Kier molecular flexibility index (Phi) is 2.86. The molecule has 0 saturated carbocycles. The number of nitrogens with one attached hydrogen (secondary N) is 1. The predicted octanol–water partition coefficient (Wildman–Crippen LogP) is 2.80. The molecule has 2 rings (SSSR count). The molecule has 1 aromatic carbocycles. The maximum Gasteiger partial charge on any atom is 0.152 e. The van der Waals surface area contributed by atoms with Gasteiger partial charge in [0.15, 0.2) is 5.82 Å². The summed E-state index contributed by atoms with van der Waals surface area (Å²) in [5.74, 6) is 0.816. The van der Waals surface area contributed by atoms with E-state index in [1.54, 1.807) is 12.4 Å². The molecule has 1 N–H and O–H groups in total. The molecule has 16 heavy (non-hydrogen) atoms. The number of nitrogens with zero attached hydrogens (tertiary/aromatic N) is 2. The number of rotatable bonds is 2. The van der Waals surface area contributed by atoms with E-state index in [0.717, 1.165) is 17.1 Å². The second-order valence-electron chi connectivity index (χ2n) is 3.82. The molecular formula is C13H15N3. The number of anilines is 1. The average Bonchev–Trinajstić information content (AvgIpc) is 2.32. The van der Waals surface area contributed by atoms with Crippen molar-refractivity contribution in [2.45, 2.75) is 13.8 Å². The van der Waals surface area contributed by atoms with E-state index in [1.165, 1.54) is 11.1 Å². The van der Waals surface area contributed by atoms with E-state index in [2.05, 4.69) is 47.3 Å². The van der Waals surface area contributed by atoms with Gasteiger partial charge in [-0.3, -0.25) is 4.98 Å². The van der Waals surface area contributed by atoms with Gasteiger partial charge in [0.1, 0.15) is 5.69 Å². The van der Waals surface area contributed by atoms with Gasteiger partial charge in [0.25, 0.3) is 0 Å². The molecule has 0 aliphatic heterocycles. The van der Waals surface area contributed by atoms with Crippen molar-refractivity contribution in [3.05, 3.63) is 41.7 Å². The van der Waals surface area contributed by atoms with Crippen LogP contribution in [0, 0.1) is 13.8 Å². The number of hydrogen-bond acceptors (Lipinski definition) is 3. The van der Waals surface area contributed by atoms with Crippen molar-refractivity contribution < 1.29 is 0 Å². The van der Waals surface area contributed by atoms with Crippen molar-refractivity contribution in [3.8, 4) is 11.3 Å². The minimum Gasteiger partial charge on any atom is -0.371 e. The quantitative estimate of drug-likeness (QED) is 0.833. The summed E-state index contributed by atoms with van der Waals surface area (Å²) >= 11 is 0. The molecule has 1 heterocycles. The topological polar surface area (TPSA) is 37.8 Å². The Bertz CT molecular complexity index is 506. The van der Waals surface area contributed by atoms with E-state index in [4.69, 9.17) is 0 Å². The van der Waals surface area contributed by atoms with Crippen molar-refractivity contribution in [2.24, 2.45) is 0 Å². The fourth-order valence-corrected chi connectivity index (χ4v) is 1.71. The lowest BCUT2D eigenvalue weighted by Crippen LogP contribution is -1.98. The first-order chi connectivity index (χ1) is 7.72. The van der Waals surface area contributed by atoms with Crippen LogP contribution in [0.3, 0.4) is 0 Å². The van der Waals surface area contributed by atoms with Crippen LogP contribution in [0.5, 0.6) is 0 Å². The van der Waals surface area contributed by atoms with Crippen LogP contribution in [0.1, 0.15) is 11.1 Å². The Morgan fingerprint density at radius 1 is 1.06 bits per heavy atom. The summed E-state index contributed by atoms with van der Waals surface area (Å²) in [6, 6.07) is 6.35. The van der Waals surface area contributed by atoms with Gasteiger partial charge in [-0.15, -0.1) is 0 Å². The third-order valence-electron chi connectivity index (χ3n) is 2.58. The van der Waals surface area contributed by atoms with E-state index in [1.807, 2.05) is 7.05 Å². The van der Waals surface area contributed by atoms with Crippen LogP contribution in [-0.4, -0.2) is 17.0 Å². The Balaban J connectivity index is 2.62. The van der Waals surface area contributed by atoms with Crippen LogP contribution in [0.15, 0.2) is 30.6 Å². The normalized spacial score (nSPS) is 10.2. The van der Waals surface area contributed by atoms with Gasteiger partial charge in [0.05, 0.1) is 0 Å². The number of hydrogen-bond donors (Lipinski definition) is 1. The second kappa shape index (κ2) is 4.31. The number of benzene rings is 1. The van der Waals surface area contributed by atoms with Gasteiger partial charge in [-0.25, -0.2) is 4.98 Å². The highest BCUT2D eigenvalue weighted by Gasteiger charge is 2.08. The van der Waals surface area contributed by atoms with Crippen LogP contribution in [0.2, 0.25) is 0 Å². The molecule has 0 aliphatic carbocycles. The van der Waals surface area contributed by atoms with Crippen molar-refractivity contribution in [2.75, 3.05) is 12.4 Å². The molecule has 0 unspecified atom stereocenters. The summed E-state index contributed by atoms with van der Waals surface area (Å²) in [7, 11) is 1.86. The van der Waals surface area contributed by atoms with Crippen LogP contribution in [0.25, 0.3) is 11.3 Å². The lowest BCUT2D eigenvalue weighted by atomic mass is 10.0. The summed E-state index contributed by atoms with van der Waals surface area (Å²) < 4.78 is 0. The summed E-state index contributed by atoms with van der Waals surface area (Å²) in [6.45, 7) is 4.17. The van der Waals surface area contributed by atoms with E-state index >= 15 is 0 Å². The Morgan fingerprint density at radius 2 is 1.81 bits per heavy atom. The van der Waals surface area contributed by atoms with Gasteiger partial charge in [0, 0.05) is 25.0 Å². The summed E-state index contributed by atoms with van der Waals surface area (Å²) in [5.41, 5.74) is 4.49. The van der Waals surface area contributed by atoms with Gasteiger partial charge < -0.3 is 5.32 Å². The summed E-state index contributed by atoms with van der Waals surface area (Å²) in [4.78, 5) is 8.67. The molecule has 82 valence electrons. The molecule has 0 spiro atoms. The molecule has 0 amide bonds. The molecule has 0 saturated heterocycles. The fraction of sp³-hybridized carbons (Fsp3) is 0.231. The molecule has 3 nitrogen and oxygen atoms in total. The van der Waals surface area contributed by atoms with Crippen LogP contribution < -0.4 is 5.32 Å². The molecule has 0 atom stereocenters. The maximum absolute atomic E-state index is 4.40.